The van der Waals surface area contributed by atoms with Crippen molar-refractivity contribution in [2.24, 2.45) is 5.73 Å². The van der Waals surface area contributed by atoms with Gasteiger partial charge in [0.05, 0.1) is 0 Å². The highest BCUT2D eigenvalue weighted by atomic mass is 32.2. The van der Waals surface area contributed by atoms with Crippen molar-refractivity contribution in [1.29, 1.82) is 0 Å². The minimum atomic E-state index is -1.43. The molecule has 2 atom stereocenters. The molecule has 2 aliphatic heterocycles. The maximum absolute atomic E-state index is 12.8. The highest BCUT2D eigenvalue weighted by Crippen LogP contribution is 2.46. The Kier molecular flexibility index (Phi) is 5.32. The summed E-state index contributed by atoms with van der Waals surface area (Å²) in [7, 11) is 1.38. The molecule has 0 saturated carbocycles. The number of methoxy groups -OCH3 is 1. The van der Waals surface area contributed by atoms with Gasteiger partial charge in [0.15, 0.2) is 0 Å². The summed E-state index contributed by atoms with van der Waals surface area (Å²) in [5.41, 5.74) is 4.90. The van der Waals surface area contributed by atoms with Crippen molar-refractivity contribution in [2.45, 2.75) is 49.6 Å². The average Bonchev–Trinajstić information content (AvgIpc) is 3.01. The van der Waals surface area contributed by atoms with Crippen LogP contribution in [0.3, 0.4) is 0 Å². The fourth-order valence-electron chi connectivity index (χ4n) is 2.71. The van der Waals surface area contributed by atoms with Gasteiger partial charge in [-0.3, -0.25) is 15.4 Å². The monoisotopic (exact) mass is 414 g/mol. The van der Waals surface area contributed by atoms with Crippen molar-refractivity contribution in [1.82, 2.24) is 15.1 Å². The maximum atomic E-state index is 12.8. The van der Waals surface area contributed by atoms with Crippen molar-refractivity contribution >= 4 is 35.4 Å². The summed E-state index contributed by atoms with van der Waals surface area (Å²) in [6.45, 7) is 7.03. The SMILES string of the molecule is CO[C@@]1(N)C(=O)N2C(C(=O)OC(C)(C)C)=C(CSc3nnc(C)o3)CS[C@H]21. The molecule has 0 bridgehead atoms. The Morgan fingerprint density at radius 1 is 1.48 bits per heavy atom. The van der Waals surface area contributed by atoms with E-state index in [0.29, 0.717) is 22.6 Å². The lowest BCUT2D eigenvalue weighted by Gasteiger charge is -2.54. The lowest BCUT2D eigenvalue weighted by atomic mass is 9.99. The normalized spacial score (nSPS) is 25.3. The van der Waals surface area contributed by atoms with Crippen LogP contribution in [-0.4, -0.2) is 62.3 Å². The van der Waals surface area contributed by atoms with E-state index in [-0.39, 0.29) is 5.70 Å². The summed E-state index contributed by atoms with van der Waals surface area (Å²) in [6, 6.07) is 0. The lowest BCUT2D eigenvalue weighted by Crippen LogP contribution is -2.78. The van der Waals surface area contributed by atoms with Crippen LogP contribution in [0.2, 0.25) is 0 Å². The smallest absolute Gasteiger partial charge is 0.355 e. The number of carbonyl (C=O) groups is 2. The summed E-state index contributed by atoms with van der Waals surface area (Å²) < 4.78 is 16.1. The molecule has 0 aliphatic carbocycles. The van der Waals surface area contributed by atoms with Crippen LogP contribution in [0.1, 0.15) is 26.7 Å². The second-order valence-electron chi connectivity index (χ2n) is 7.17. The number of aryl methyl sites for hydroxylation is 1. The molecule has 1 amide bonds. The molecule has 2 aliphatic rings. The van der Waals surface area contributed by atoms with Gasteiger partial charge in [-0.15, -0.1) is 22.0 Å². The van der Waals surface area contributed by atoms with Gasteiger partial charge >= 0.3 is 5.97 Å². The van der Waals surface area contributed by atoms with E-state index in [2.05, 4.69) is 10.2 Å². The summed E-state index contributed by atoms with van der Waals surface area (Å²) in [5.74, 6) is 0.356. The molecule has 9 nitrogen and oxygen atoms in total. The highest BCUT2D eigenvalue weighted by molar-refractivity contribution is 8.01. The number of fused-ring (bicyclic) bond motifs is 1. The first-order valence-corrected chi connectivity index (χ1v) is 10.3. The molecule has 0 aromatic carbocycles. The van der Waals surface area contributed by atoms with Crippen LogP contribution in [-0.2, 0) is 19.1 Å². The third-order valence-electron chi connectivity index (χ3n) is 3.95. The zero-order valence-electron chi connectivity index (χ0n) is 15.8. The average molecular weight is 415 g/mol. The van der Waals surface area contributed by atoms with Crippen LogP contribution in [0.4, 0.5) is 0 Å². The molecule has 0 spiro atoms. The second-order valence-corrected chi connectivity index (χ2v) is 9.16. The third kappa shape index (κ3) is 3.73. The predicted molar refractivity (Wildman–Crippen MR) is 99.6 cm³/mol. The summed E-state index contributed by atoms with van der Waals surface area (Å²) in [6.07, 6.45) is 0. The zero-order chi connectivity index (χ0) is 20.0. The molecule has 148 valence electrons. The Morgan fingerprint density at radius 2 is 2.19 bits per heavy atom. The molecule has 3 heterocycles. The second kappa shape index (κ2) is 7.12. The van der Waals surface area contributed by atoms with Gasteiger partial charge in [-0.2, -0.15) is 0 Å². The van der Waals surface area contributed by atoms with E-state index in [0.717, 1.165) is 5.57 Å². The lowest BCUT2D eigenvalue weighted by molar-refractivity contribution is -0.184. The number of carbonyl (C=O) groups excluding carboxylic acids is 2. The highest BCUT2D eigenvalue weighted by Gasteiger charge is 2.63. The van der Waals surface area contributed by atoms with Crippen LogP contribution in [0.25, 0.3) is 0 Å². The van der Waals surface area contributed by atoms with Gasteiger partial charge in [-0.05, 0) is 26.3 Å². The summed E-state index contributed by atoms with van der Waals surface area (Å²) in [4.78, 5) is 26.8. The zero-order valence-corrected chi connectivity index (χ0v) is 17.4. The number of rotatable bonds is 5. The first-order chi connectivity index (χ1) is 12.6. The molecule has 2 N–H and O–H groups in total. The quantitative estimate of drug-likeness (QED) is 0.326. The van der Waals surface area contributed by atoms with Crippen LogP contribution < -0.4 is 5.73 Å². The molecule has 1 aromatic heterocycles. The van der Waals surface area contributed by atoms with E-state index in [1.807, 2.05) is 0 Å². The van der Waals surface area contributed by atoms with E-state index in [9.17, 15) is 9.59 Å². The Bertz CT molecular complexity index is 803. The molecular formula is C16H22N4O5S2. The molecule has 0 radical (unpaired) electrons. The molecule has 1 saturated heterocycles. The molecule has 1 fully saturated rings. The first-order valence-electron chi connectivity index (χ1n) is 8.24. The number of nitrogens with two attached hydrogens (primary N) is 1. The van der Waals surface area contributed by atoms with E-state index in [1.54, 1.807) is 27.7 Å². The van der Waals surface area contributed by atoms with Crippen molar-refractivity contribution < 1.29 is 23.5 Å². The minimum Gasteiger partial charge on any atom is -0.455 e. The number of hydrogen-bond acceptors (Lipinski definition) is 10. The fraction of sp³-hybridized carbons (Fsp3) is 0.625. The van der Waals surface area contributed by atoms with E-state index in [1.165, 1.54) is 35.5 Å². The molecule has 3 rings (SSSR count). The molecule has 11 heteroatoms. The van der Waals surface area contributed by atoms with Crippen molar-refractivity contribution in [3.8, 4) is 0 Å². The van der Waals surface area contributed by atoms with Crippen molar-refractivity contribution in [2.75, 3.05) is 18.6 Å². The number of ether oxygens (including phenoxy) is 2. The number of hydrogen-bond donors (Lipinski definition) is 1. The van der Waals surface area contributed by atoms with Crippen molar-refractivity contribution in [3.05, 3.63) is 17.2 Å². The number of thioether (sulfide) groups is 2. The topological polar surface area (TPSA) is 121 Å². The van der Waals surface area contributed by atoms with Gasteiger partial charge in [0, 0.05) is 25.5 Å². The summed E-state index contributed by atoms with van der Waals surface area (Å²) in [5, 5.41) is 7.65. The van der Waals surface area contributed by atoms with Gasteiger partial charge in [0.25, 0.3) is 11.1 Å². The van der Waals surface area contributed by atoms with Gasteiger partial charge in [0.1, 0.15) is 16.7 Å². The number of nitrogens with zero attached hydrogens (tertiary/aromatic N) is 3. The number of β-lactam (4-membered cyclic amide) rings is 1. The Labute approximate surface area is 165 Å². The molecule has 27 heavy (non-hydrogen) atoms. The number of amides is 1. The van der Waals surface area contributed by atoms with E-state index >= 15 is 0 Å². The van der Waals surface area contributed by atoms with Crippen LogP contribution in [0, 0.1) is 6.92 Å². The Morgan fingerprint density at radius 3 is 2.74 bits per heavy atom. The minimum absolute atomic E-state index is 0.223. The van der Waals surface area contributed by atoms with Crippen LogP contribution >= 0.6 is 23.5 Å². The van der Waals surface area contributed by atoms with Gasteiger partial charge < -0.3 is 13.9 Å². The Hall–Kier alpha value is -1.56. The molecule has 0 unspecified atom stereocenters. The summed E-state index contributed by atoms with van der Waals surface area (Å²) >= 11 is 2.75. The maximum Gasteiger partial charge on any atom is 0.355 e. The third-order valence-corrected chi connectivity index (χ3v) is 6.25. The van der Waals surface area contributed by atoms with E-state index < -0.39 is 28.6 Å². The molecule has 1 aromatic rings. The van der Waals surface area contributed by atoms with E-state index in [4.69, 9.17) is 19.6 Å². The van der Waals surface area contributed by atoms with Crippen molar-refractivity contribution in [3.63, 3.8) is 0 Å². The fourth-order valence-corrected chi connectivity index (χ4v) is 5.05. The largest absolute Gasteiger partial charge is 0.455 e. The Balaban J connectivity index is 1.89. The van der Waals surface area contributed by atoms with Crippen LogP contribution in [0.15, 0.2) is 20.9 Å². The predicted octanol–water partition coefficient (Wildman–Crippen LogP) is 1.28. The number of esters is 1. The standard InChI is InChI=1S/C16H22N4O5S2/c1-8-18-19-14(24-8)27-7-9-6-26-13-16(17,23-5)12(22)20(13)10(9)11(21)25-15(2,3)4/h13H,6-7,17H2,1-5H3/t13-,16-/m0/s1. The first kappa shape index (κ1) is 20.2. The van der Waals surface area contributed by atoms with Gasteiger partial charge in [-0.25, -0.2) is 4.79 Å². The number of aromatic nitrogens is 2. The van der Waals surface area contributed by atoms with Gasteiger partial charge in [0.2, 0.25) is 11.6 Å². The van der Waals surface area contributed by atoms with Gasteiger partial charge in [-0.1, -0.05) is 11.8 Å². The molecular weight excluding hydrogens is 392 g/mol. The van der Waals surface area contributed by atoms with Crippen LogP contribution in [0.5, 0.6) is 0 Å².